The van der Waals surface area contributed by atoms with Crippen molar-refractivity contribution in [3.8, 4) is 0 Å². The summed E-state index contributed by atoms with van der Waals surface area (Å²) in [5.74, 6) is 1.20. The van der Waals surface area contributed by atoms with E-state index in [0.717, 1.165) is 18.7 Å². The van der Waals surface area contributed by atoms with Crippen molar-refractivity contribution in [1.29, 1.82) is 0 Å². The maximum absolute atomic E-state index is 4.31. The van der Waals surface area contributed by atoms with Crippen molar-refractivity contribution >= 4 is 11.5 Å². The van der Waals surface area contributed by atoms with Crippen molar-refractivity contribution in [2.75, 3.05) is 25.0 Å². The fraction of sp³-hybridized carbons (Fsp3) is 0.462. The number of imidazole rings is 1. The number of rotatable bonds is 3. The average molecular weight is 230 g/mol. The molecule has 1 aliphatic heterocycles. The maximum Gasteiger partial charge on any atom is 0.138 e. The Balaban J connectivity index is 1.84. The summed E-state index contributed by atoms with van der Waals surface area (Å²) in [5.41, 5.74) is 1.01. The van der Waals surface area contributed by atoms with E-state index < -0.39 is 0 Å². The number of anilines is 1. The monoisotopic (exact) mass is 230 g/mol. The van der Waals surface area contributed by atoms with Gasteiger partial charge in [-0.25, -0.2) is 4.98 Å². The Bertz CT molecular complexity index is 499. The van der Waals surface area contributed by atoms with Crippen molar-refractivity contribution < 1.29 is 0 Å². The van der Waals surface area contributed by atoms with Crippen LogP contribution in [0.1, 0.15) is 12.8 Å². The van der Waals surface area contributed by atoms with Crippen LogP contribution in [0, 0.1) is 0 Å². The lowest BCUT2D eigenvalue weighted by molar-refractivity contribution is 0.596. The van der Waals surface area contributed by atoms with Gasteiger partial charge in [0.1, 0.15) is 11.5 Å². The molecule has 2 aromatic rings. The molecule has 1 aliphatic rings. The molecule has 0 radical (unpaired) electrons. The molecule has 0 spiro atoms. The highest BCUT2D eigenvalue weighted by molar-refractivity contribution is 5.51. The van der Waals surface area contributed by atoms with E-state index in [2.05, 4.69) is 38.8 Å². The van der Waals surface area contributed by atoms with E-state index in [1.807, 2.05) is 18.5 Å². The van der Waals surface area contributed by atoms with Crippen LogP contribution < -0.4 is 10.2 Å². The number of hydrogen-bond acceptors (Lipinski definition) is 3. The van der Waals surface area contributed by atoms with Gasteiger partial charge in [-0.3, -0.25) is 4.40 Å². The molecule has 17 heavy (non-hydrogen) atoms. The predicted octanol–water partition coefficient (Wildman–Crippen LogP) is 1.52. The minimum absolute atomic E-state index is 0.624. The van der Waals surface area contributed by atoms with Crippen LogP contribution in [-0.4, -0.2) is 35.6 Å². The minimum Gasteiger partial charge on any atom is -0.359 e. The summed E-state index contributed by atoms with van der Waals surface area (Å²) in [4.78, 5) is 6.62. The SMILES string of the molecule is CN(CC1CCCN1)c1cccc2nccn12. The van der Waals surface area contributed by atoms with Gasteiger partial charge in [0.2, 0.25) is 0 Å². The topological polar surface area (TPSA) is 32.6 Å². The van der Waals surface area contributed by atoms with E-state index in [1.165, 1.54) is 18.7 Å². The Morgan fingerprint density at radius 3 is 3.29 bits per heavy atom. The van der Waals surface area contributed by atoms with E-state index in [9.17, 15) is 0 Å². The molecule has 3 rings (SSSR count). The molecule has 0 amide bonds. The molecule has 0 aromatic carbocycles. The number of pyridine rings is 1. The Morgan fingerprint density at radius 1 is 1.53 bits per heavy atom. The second-order valence-electron chi connectivity index (χ2n) is 4.71. The van der Waals surface area contributed by atoms with Gasteiger partial charge in [0.05, 0.1) is 0 Å². The van der Waals surface area contributed by atoms with Gasteiger partial charge < -0.3 is 10.2 Å². The molecule has 0 aliphatic carbocycles. The minimum atomic E-state index is 0.624. The Labute approximate surface area is 101 Å². The molecule has 1 N–H and O–H groups in total. The van der Waals surface area contributed by atoms with Gasteiger partial charge in [-0.2, -0.15) is 0 Å². The zero-order valence-corrected chi connectivity index (χ0v) is 10.1. The van der Waals surface area contributed by atoms with Crippen molar-refractivity contribution in [2.45, 2.75) is 18.9 Å². The fourth-order valence-corrected chi connectivity index (χ4v) is 2.58. The van der Waals surface area contributed by atoms with Crippen LogP contribution >= 0.6 is 0 Å². The maximum atomic E-state index is 4.31. The molecule has 1 fully saturated rings. The second kappa shape index (κ2) is 4.37. The molecule has 0 bridgehead atoms. The molecule has 1 atom stereocenters. The van der Waals surface area contributed by atoms with Gasteiger partial charge in [0, 0.05) is 32.0 Å². The number of hydrogen-bond donors (Lipinski definition) is 1. The lowest BCUT2D eigenvalue weighted by Gasteiger charge is -2.24. The molecule has 90 valence electrons. The molecule has 4 heteroatoms. The van der Waals surface area contributed by atoms with Crippen molar-refractivity contribution in [3.05, 3.63) is 30.6 Å². The molecule has 0 saturated carbocycles. The van der Waals surface area contributed by atoms with E-state index in [0.29, 0.717) is 6.04 Å². The first-order chi connectivity index (χ1) is 8.34. The Kier molecular flexibility index (Phi) is 2.73. The van der Waals surface area contributed by atoms with Crippen LogP contribution in [0.15, 0.2) is 30.6 Å². The standard InChI is InChI=1S/C13H18N4/c1-16(10-11-4-3-7-14-11)13-6-2-5-12-15-8-9-17(12)13/h2,5-6,8-9,11,14H,3-4,7,10H2,1H3. The number of nitrogens with one attached hydrogen (secondary N) is 1. The third-order valence-corrected chi connectivity index (χ3v) is 3.45. The summed E-state index contributed by atoms with van der Waals surface area (Å²) in [6.45, 7) is 2.21. The van der Waals surface area contributed by atoms with Crippen molar-refractivity contribution in [2.24, 2.45) is 0 Å². The quantitative estimate of drug-likeness (QED) is 0.867. The van der Waals surface area contributed by atoms with Gasteiger partial charge in [0.15, 0.2) is 0 Å². The largest absolute Gasteiger partial charge is 0.359 e. The second-order valence-corrected chi connectivity index (χ2v) is 4.71. The summed E-state index contributed by atoms with van der Waals surface area (Å²) >= 11 is 0. The predicted molar refractivity (Wildman–Crippen MR) is 69.5 cm³/mol. The number of nitrogens with zero attached hydrogens (tertiary/aromatic N) is 3. The Hall–Kier alpha value is -1.55. The first-order valence-electron chi connectivity index (χ1n) is 6.21. The molecular formula is C13H18N4. The van der Waals surface area contributed by atoms with Crippen LogP contribution in [-0.2, 0) is 0 Å². The van der Waals surface area contributed by atoms with E-state index in [1.54, 1.807) is 0 Å². The highest BCUT2D eigenvalue weighted by Crippen LogP contribution is 2.16. The van der Waals surface area contributed by atoms with E-state index >= 15 is 0 Å². The normalized spacial score (nSPS) is 19.9. The molecule has 2 aromatic heterocycles. The van der Waals surface area contributed by atoms with Gasteiger partial charge in [0.25, 0.3) is 0 Å². The summed E-state index contributed by atoms with van der Waals surface area (Å²) in [7, 11) is 2.15. The highest BCUT2D eigenvalue weighted by Gasteiger charge is 2.17. The van der Waals surface area contributed by atoms with Crippen molar-refractivity contribution in [1.82, 2.24) is 14.7 Å². The zero-order valence-electron chi connectivity index (χ0n) is 10.1. The number of fused-ring (bicyclic) bond motifs is 1. The summed E-state index contributed by atoms with van der Waals surface area (Å²) in [6.07, 6.45) is 6.45. The van der Waals surface area contributed by atoms with Crippen LogP contribution in [0.3, 0.4) is 0 Å². The van der Waals surface area contributed by atoms with Crippen molar-refractivity contribution in [3.63, 3.8) is 0 Å². The number of aromatic nitrogens is 2. The highest BCUT2D eigenvalue weighted by atomic mass is 15.2. The molecule has 3 heterocycles. The third-order valence-electron chi connectivity index (χ3n) is 3.45. The van der Waals surface area contributed by atoms with E-state index in [-0.39, 0.29) is 0 Å². The zero-order chi connectivity index (χ0) is 11.7. The van der Waals surface area contributed by atoms with Gasteiger partial charge in [-0.15, -0.1) is 0 Å². The van der Waals surface area contributed by atoms with E-state index in [4.69, 9.17) is 0 Å². The first kappa shape index (κ1) is 10.6. The molecular weight excluding hydrogens is 212 g/mol. The summed E-state index contributed by atoms with van der Waals surface area (Å²) in [6, 6.07) is 6.86. The lowest BCUT2D eigenvalue weighted by Crippen LogP contribution is -2.36. The third kappa shape index (κ3) is 2.00. The van der Waals surface area contributed by atoms with Crippen LogP contribution in [0.25, 0.3) is 5.65 Å². The summed E-state index contributed by atoms with van der Waals surface area (Å²) in [5, 5.41) is 3.53. The van der Waals surface area contributed by atoms with Gasteiger partial charge in [-0.05, 0) is 31.5 Å². The van der Waals surface area contributed by atoms with Gasteiger partial charge in [-0.1, -0.05) is 6.07 Å². The molecule has 1 saturated heterocycles. The van der Waals surface area contributed by atoms with Crippen LogP contribution in [0.5, 0.6) is 0 Å². The Morgan fingerprint density at radius 2 is 2.47 bits per heavy atom. The lowest BCUT2D eigenvalue weighted by atomic mass is 10.2. The summed E-state index contributed by atoms with van der Waals surface area (Å²) < 4.78 is 2.13. The van der Waals surface area contributed by atoms with Crippen LogP contribution in [0.4, 0.5) is 5.82 Å². The number of likely N-dealkylation sites (N-methyl/N-ethyl adjacent to an activating group) is 1. The van der Waals surface area contributed by atoms with Crippen LogP contribution in [0.2, 0.25) is 0 Å². The molecule has 1 unspecified atom stereocenters. The van der Waals surface area contributed by atoms with Gasteiger partial charge >= 0.3 is 0 Å². The fourth-order valence-electron chi connectivity index (χ4n) is 2.58. The molecule has 4 nitrogen and oxygen atoms in total. The smallest absolute Gasteiger partial charge is 0.138 e. The average Bonchev–Trinajstić information content (AvgIpc) is 2.97. The first-order valence-corrected chi connectivity index (χ1v) is 6.21.